The SMILES string of the molecule is C[C@@H]1CCOCCN1C(=O)Nc1cc(Cl)ccc1Cl. The van der Waals surface area contributed by atoms with Crippen molar-refractivity contribution in [2.24, 2.45) is 0 Å². The molecule has 2 amide bonds. The molecule has 1 saturated heterocycles. The number of urea groups is 1. The van der Waals surface area contributed by atoms with E-state index in [0.717, 1.165) is 6.42 Å². The van der Waals surface area contributed by atoms with E-state index in [1.54, 1.807) is 23.1 Å². The third-order valence-corrected chi connectivity index (χ3v) is 3.68. The Balaban J connectivity index is 2.09. The van der Waals surface area contributed by atoms with Gasteiger partial charge in [0.05, 0.1) is 17.3 Å². The molecule has 0 saturated carbocycles. The first-order chi connectivity index (χ1) is 9.08. The second kappa shape index (κ2) is 6.46. The Bertz CT molecular complexity index is 468. The molecule has 6 heteroatoms. The summed E-state index contributed by atoms with van der Waals surface area (Å²) in [6.45, 7) is 3.82. The molecule has 1 aromatic rings. The normalized spacial score (nSPS) is 19.9. The van der Waals surface area contributed by atoms with Crippen LogP contribution in [-0.4, -0.2) is 36.7 Å². The van der Waals surface area contributed by atoms with Crippen LogP contribution < -0.4 is 5.32 Å². The fourth-order valence-corrected chi connectivity index (χ4v) is 2.31. The smallest absolute Gasteiger partial charge is 0.322 e. The van der Waals surface area contributed by atoms with Gasteiger partial charge >= 0.3 is 6.03 Å². The molecular weight excluding hydrogens is 287 g/mol. The maximum atomic E-state index is 12.3. The van der Waals surface area contributed by atoms with E-state index in [0.29, 0.717) is 35.5 Å². The average Bonchev–Trinajstić information content (AvgIpc) is 2.58. The number of hydrogen-bond donors (Lipinski definition) is 1. The standard InChI is InChI=1S/C13H16Cl2N2O2/c1-9-4-6-19-7-5-17(9)13(18)16-12-8-10(14)2-3-11(12)15/h2-3,8-9H,4-7H2,1H3,(H,16,18)/t9-/m1/s1. The average molecular weight is 303 g/mol. The summed E-state index contributed by atoms with van der Waals surface area (Å²) in [5.41, 5.74) is 0.525. The van der Waals surface area contributed by atoms with Crippen LogP contribution in [0.2, 0.25) is 10.0 Å². The van der Waals surface area contributed by atoms with Gasteiger partial charge in [0.1, 0.15) is 0 Å². The van der Waals surface area contributed by atoms with Crippen LogP contribution in [0.1, 0.15) is 13.3 Å². The lowest BCUT2D eigenvalue weighted by Crippen LogP contribution is -2.42. The van der Waals surface area contributed by atoms with Gasteiger partial charge in [0, 0.05) is 24.2 Å². The summed E-state index contributed by atoms with van der Waals surface area (Å²) in [5.74, 6) is 0. The number of nitrogens with zero attached hydrogens (tertiary/aromatic N) is 1. The zero-order chi connectivity index (χ0) is 13.8. The summed E-state index contributed by atoms with van der Waals surface area (Å²) in [5, 5.41) is 3.80. The molecule has 0 spiro atoms. The van der Waals surface area contributed by atoms with Crippen molar-refractivity contribution >= 4 is 34.9 Å². The van der Waals surface area contributed by atoms with E-state index < -0.39 is 0 Å². The second-order valence-electron chi connectivity index (χ2n) is 4.50. The molecule has 0 radical (unpaired) electrons. The Hall–Kier alpha value is -0.970. The van der Waals surface area contributed by atoms with Gasteiger partial charge in [-0.15, -0.1) is 0 Å². The molecule has 1 aromatic carbocycles. The minimum absolute atomic E-state index is 0.139. The van der Waals surface area contributed by atoms with Gasteiger partial charge in [0.25, 0.3) is 0 Å². The lowest BCUT2D eigenvalue weighted by molar-refractivity contribution is 0.143. The Kier molecular flexibility index (Phi) is 4.91. The van der Waals surface area contributed by atoms with Crippen LogP contribution in [0.3, 0.4) is 0 Å². The number of carbonyl (C=O) groups is 1. The van der Waals surface area contributed by atoms with Gasteiger partial charge in [-0.2, -0.15) is 0 Å². The maximum absolute atomic E-state index is 12.3. The third-order valence-electron chi connectivity index (χ3n) is 3.12. The van der Waals surface area contributed by atoms with Crippen LogP contribution in [0.5, 0.6) is 0 Å². The summed E-state index contributed by atoms with van der Waals surface area (Å²) in [6, 6.07) is 4.94. The van der Waals surface area contributed by atoms with Crippen LogP contribution >= 0.6 is 23.2 Å². The zero-order valence-corrected chi connectivity index (χ0v) is 12.2. The molecular formula is C13H16Cl2N2O2. The van der Waals surface area contributed by atoms with E-state index in [1.807, 2.05) is 6.92 Å². The number of carbonyl (C=O) groups excluding carboxylic acids is 1. The first kappa shape index (κ1) is 14.4. The number of anilines is 1. The molecule has 1 N–H and O–H groups in total. The van der Waals surface area contributed by atoms with Crippen molar-refractivity contribution in [2.75, 3.05) is 25.1 Å². The molecule has 0 unspecified atom stereocenters. The van der Waals surface area contributed by atoms with Crippen molar-refractivity contribution in [3.8, 4) is 0 Å². The number of ether oxygens (including phenoxy) is 1. The molecule has 1 aliphatic rings. The molecule has 0 aromatic heterocycles. The molecule has 1 fully saturated rings. The van der Waals surface area contributed by atoms with Crippen molar-refractivity contribution in [3.05, 3.63) is 28.2 Å². The summed E-state index contributed by atoms with van der Waals surface area (Å²) in [4.78, 5) is 14.0. The second-order valence-corrected chi connectivity index (χ2v) is 5.34. The Morgan fingerprint density at radius 3 is 3.00 bits per heavy atom. The predicted octanol–water partition coefficient (Wildman–Crippen LogP) is 3.64. The number of hydrogen-bond acceptors (Lipinski definition) is 2. The molecule has 0 bridgehead atoms. The van der Waals surface area contributed by atoms with Gasteiger partial charge in [-0.1, -0.05) is 23.2 Å². The maximum Gasteiger partial charge on any atom is 0.322 e. The Morgan fingerprint density at radius 1 is 1.42 bits per heavy atom. The van der Waals surface area contributed by atoms with Gasteiger partial charge < -0.3 is 15.0 Å². The van der Waals surface area contributed by atoms with Crippen LogP contribution in [-0.2, 0) is 4.74 Å². The van der Waals surface area contributed by atoms with Crippen LogP contribution in [0, 0.1) is 0 Å². The Morgan fingerprint density at radius 2 is 2.21 bits per heavy atom. The first-order valence-corrected chi connectivity index (χ1v) is 6.94. The summed E-state index contributed by atoms with van der Waals surface area (Å²) in [7, 11) is 0. The van der Waals surface area contributed by atoms with E-state index in [4.69, 9.17) is 27.9 Å². The van der Waals surface area contributed by atoms with Crippen LogP contribution in [0.15, 0.2) is 18.2 Å². The number of amides is 2. The minimum Gasteiger partial charge on any atom is -0.380 e. The fourth-order valence-electron chi connectivity index (χ4n) is 1.98. The molecule has 19 heavy (non-hydrogen) atoms. The zero-order valence-electron chi connectivity index (χ0n) is 10.7. The van der Waals surface area contributed by atoms with E-state index >= 15 is 0 Å². The van der Waals surface area contributed by atoms with Gasteiger partial charge in [0.15, 0.2) is 0 Å². The van der Waals surface area contributed by atoms with E-state index in [1.165, 1.54) is 0 Å². The van der Waals surface area contributed by atoms with E-state index in [-0.39, 0.29) is 12.1 Å². The van der Waals surface area contributed by atoms with Crippen LogP contribution in [0.4, 0.5) is 10.5 Å². The highest BCUT2D eigenvalue weighted by Crippen LogP contribution is 2.26. The lowest BCUT2D eigenvalue weighted by atomic mass is 10.2. The van der Waals surface area contributed by atoms with Crippen LogP contribution in [0.25, 0.3) is 0 Å². The van der Waals surface area contributed by atoms with Crippen molar-refractivity contribution in [1.82, 2.24) is 4.90 Å². The predicted molar refractivity (Wildman–Crippen MR) is 77.1 cm³/mol. The van der Waals surface area contributed by atoms with E-state index in [2.05, 4.69) is 5.32 Å². The van der Waals surface area contributed by atoms with Crippen molar-refractivity contribution < 1.29 is 9.53 Å². The highest BCUT2D eigenvalue weighted by Gasteiger charge is 2.22. The number of nitrogens with one attached hydrogen (secondary N) is 1. The van der Waals surface area contributed by atoms with Gasteiger partial charge in [-0.05, 0) is 31.5 Å². The van der Waals surface area contributed by atoms with Gasteiger partial charge in [0.2, 0.25) is 0 Å². The summed E-state index contributed by atoms with van der Waals surface area (Å²) in [6.07, 6.45) is 0.830. The molecule has 104 valence electrons. The van der Waals surface area contributed by atoms with Crippen molar-refractivity contribution in [1.29, 1.82) is 0 Å². The number of rotatable bonds is 1. The fraction of sp³-hybridized carbons (Fsp3) is 0.462. The largest absolute Gasteiger partial charge is 0.380 e. The van der Waals surface area contributed by atoms with Gasteiger partial charge in [-0.25, -0.2) is 4.79 Å². The molecule has 1 aliphatic heterocycles. The molecule has 4 nitrogen and oxygen atoms in total. The monoisotopic (exact) mass is 302 g/mol. The highest BCUT2D eigenvalue weighted by atomic mass is 35.5. The van der Waals surface area contributed by atoms with Gasteiger partial charge in [-0.3, -0.25) is 0 Å². The number of halogens is 2. The molecule has 1 atom stereocenters. The summed E-state index contributed by atoms with van der Waals surface area (Å²) < 4.78 is 5.37. The first-order valence-electron chi connectivity index (χ1n) is 6.18. The topological polar surface area (TPSA) is 41.6 Å². The lowest BCUT2D eigenvalue weighted by Gasteiger charge is -2.26. The molecule has 0 aliphatic carbocycles. The van der Waals surface area contributed by atoms with E-state index in [9.17, 15) is 4.79 Å². The quantitative estimate of drug-likeness (QED) is 0.860. The molecule has 1 heterocycles. The molecule has 2 rings (SSSR count). The van der Waals surface area contributed by atoms with Crippen molar-refractivity contribution in [2.45, 2.75) is 19.4 Å². The summed E-state index contributed by atoms with van der Waals surface area (Å²) >= 11 is 11.9. The minimum atomic E-state index is -0.179. The third kappa shape index (κ3) is 3.75. The van der Waals surface area contributed by atoms with Crippen molar-refractivity contribution in [3.63, 3.8) is 0 Å². The Labute approximate surface area is 122 Å². The highest BCUT2D eigenvalue weighted by molar-refractivity contribution is 6.35. The number of benzene rings is 1.